The average molecular weight is 292 g/mol. The SMILES string of the molecule is O=C(O)Cc1csc(Sc2ccc3c(n2)CCC3)n1. The van der Waals surface area contributed by atoms with Gasteiger partial charge in [-0.2, -0.15) is 0 Å². The lowest BCUT2D eigenvalue weighted by atomic mass is 10.2. The van der Waals surface area contributed by atoms with Crippen molar-refractivity contribution in [1.82, 2.24) is 9.97 Å². The molecule has 0 saturated carbocycles. The smallest absolute Gasteiger partial charge is 0.309 e. The number of carboxylic acid groups (broad SMARTS) is 1. The number of pyridine rings is 1. The van der Waals surface area contributed by atoms with Gasteiger partial charge in [0.15, 0.2) is 4.34 Å². The van der Waals surface area contributed by atoms with Gasteiger partial charge < -0.3 is 5.11 Å². The molecule has 0 unspecified atom stereocenters. The van der Waals surface area contributed by atoms with Crippen LogP contribution in [-0.4, -0.2) is 21.0 Å². The number of carbonyl (C=O) groups is 1. The van der Waals surface area contributed by atoms with Crippen molar-refractivity contribution in [3.8, 4) is 0 Å². The Kier molecular flexibility index (Phi) is 3.52. The molecule has 0 aliphatic heterocycles. The summed E-state index contributed by atoms with van der Waals surface area (Å²) in [6.45, 7) is 0. The van der Waals surface area contributed by atoms with Crippen molar-refractivity contribution in [3.63, 3.8) is 0 Å². The molecule has 1 N–H and O–H groups in total. The number of aryl methyl sites for hydroxylation is 2. The van der Waals surface area contributed by atoms with Crippen molar-refractivity contribution in [3.05, 3.63) is 34.5 Å². The third kappa shape index (κ3) is 2.96. The summed E-state index contributed by atoms with van der Waals surface area (Å²) in [6.07, 6.45) is 3.37. The van der Waals surface area contributed by atoms with E-state index in [4.69, 9.17) is 5.11 Å². The van der Waals surface area contributed by atoms with Crippen molar-refractivity contribution in [2.24, 2.45) is 0 Å². The van der Waals surface area contributed by atoms with Crippen LogP contribution in [0.3, 0.4) is 0 Å². The fraction of sp³-hybridized carbons (Fsp3) is 0.308. The van der Waals surface area contributed by atoms with E-state index in [9.17, 15) is 4.79 Å². The lowest BCUT2D eigenvalue weighted by molar-refractivity contribution is -0.136. The van der Waals surface area contributed by atoms with Crippen LogP contribution in [-0.2, 0) is 24.1 Å². The van der Waals surface area contributed by atoms with E-state index in [1.807, 2.05) is 6.07 Å². The molecule has 1 aliphatic carbocycles. The molecule has 3 rings (SSSR count). The standard InChI is InChI=1S/C13H12N2O2S2/c16-12(17)6-9-7-18-13(14-9)19-11-5-4-8-2-1-3-10(8)15-11/h4-5,7H,1-3,6H2,(H,16,17). The predicted molar refractivity (Wildman–Crippen MR) is 73.8 cm³/mol. The van der Waals surface area contributed by atoms with Crippen molar-refractivity contribution < 1.29 is 9.90 Å². The molecule has 0 amide bonds. The zero-order chi connectivity index (χ0) is 13.2. The Bertz CT molecular complexity index is 625. The van der Waals surface area contributed by atoms with Gasteiger partial charge in [0.25, 0.3) is 0 Å². The molecule has 0 aromatic carbocycles. The highest BCUT2D eigenvalue weighted by molar-refractivity contribution is 8.01. The summed E-state index contributed by atoms with van der Waals surface area (Å²) in [7, 11) is 0. The number of hydrogen-bond acceptors (Lipinski definition) is 5. The zero-order valence-electron chi connectivity index (χ0n) is 10.1. The number of hydrogen-bond donors (Lipinski definition) is 1. The van der Waals surface area contributed by atoms with Gasteiger partial charge in [-0.15, -0.1) is 11.3 Å². The first-order valence-electron chi connectivity index (χ1n) is 6.03. The number of carboxylic acids is 1. The summed E-state index contributed by atoms with van der Waals surface area (Å²) >= 11 is 2.97. The highest BCUT2D eigenvalue weighted by Gasteiger charge is 2.14. The Labute approximate surface area is 118 Å². The minimum atomic E-state index is -0.850. The lowest BCUT2D eigenvalue weighted by Crippen LogP contribution is -1.99. The van der Waals surface area contributed by atoms with E-state index in [-0.39, 0.29) is 6.42 Å². The molecule has 98 valence electrons. The summed E-state index contributed by atoms with van der Waals surface area (Å²) < 4.78 is 0.849. The molecule has 0 atom stereocenters. The first-order chi connectivity index (χ1) is 9.20. The fourth-order valence-corrected chi connectivity index (χ4v) is 3.89. The normalized spacial score (nSPS) is 13.5. The van der Waals surface area contributed by atoms with Crippen LogP contribution in [0.4, 0.5) is 0 Å². The maximum Gasteiger partial charge on any atom is 0.309 e. The average Bonchev–Trinajstić information content (AvgIpc) is 2.97. The van der Waals surface area contributed by atoms with Crippen LogP contribution in [0, 0.1) is 0 Å². The molecule has 2 heterocycles. The second-order valence-corrected chi connectivity index (χ2v) is 6.51. The van der Waals surface area contributed by atoms with Crippen LogP contribution in [0.15, 0.2) is 26.9 Å². The van der Waals surface area contributed by atoms with Crippen molar-refractivity contribution >= 4 is 29.1 Å². The van der Waals surface area contributed by atoms with E-state index in [0.29, 0.717) is 5.69 Å². The third-order valence-electron chi connectivity index (χ3n) is 2.96. The van der Waals surface area contributed by atoms with Crippen LogP contribution < -0.4 is 0 Å². The summed E-state index contributed by atoms with van der Waals surface area (Å²) in [6, 6.07) is 4.16. The van der Waals surface area contributed by atoms with E-state index in [1.54, 1.807) is 5.38 Å². The minimum Gasteiger partial charge on any atom is -0.481 e. The van der Waals surface area contributed by atoms with Gasteiger partial charge in [0.2, 0.25) is 0 Å². The maximum absolute atomic E-state index is 10.6. The molecule has 19 heavy (non-hydrogen) atoms. The molecule has 2 aromatic rings. The van der Waals surface area contributed by atoms with Gasteiger partial charge in [0.1, 0.15) is 5.03 Å². The molecule has 0 fully saturated rings. The van der Waals surface area contributed by atoms with Crippen LogP contribution in [0.2, 0.25) is 0 Å². The largest absolute Gasteiger partial charge is 0.481 e. The molecular formula is C13H12N2O2S2. The molecule has 2 aromatic heterocycles. The Hall–Kier alpha value is -1.40. The maximum atomic E-state index is 10.6. The second kappa shape index (κ2) is 5.30. The van der Waals surface area contributed by atoms with E-state index >= 15 is 0 Å². The van der Waals surface area contributed by atoms with E-state index in [1.165, 1.54) is 40.8 Å². The monoisotopic (exact) mass is 292 g/mol. The molecule has 0 saturated heterocycles. The Morgan fingerprint density at radius 1 is 1.37 bits per heavy atom. The fourth-order valence-electron chi connectivity index (χ4n) is 2.12. The van der Waals surface area contributed by atoms with Crippen molar-refractivity contribution in [2.75, 3.05) is 0 Å². The van der Waals surface area contributed by atoms with Gasteiger partial charge in [-0.25, -0.2) is 9.97 Å². The molecule has 0 bridgehead atoms. The van der Waals surface area contributed by atoms with Crippen LogP contribution in [0.5, 0.6) is 0 Å². The van der Waals surface area contributed by atoms with Gasteiger partial charge in [-0.05, 0) is 42.7 Å². The molecule has 0 spiro atoms. The summed E-state index contributed by atoms with van der Waals surface area (Å²) in [5.74, 6) is -0.850. The number of nitrogens with zero attached hydrogens (tertiary/aromatic N) is 2. The van der Waals surface area contributed by atoms with Crippen molar-refractivity contribution in [1.29, 1.82) is 0 Å². The topological polar surface area (TPSA) is 63.1 Å². The molecule has 0 radical (unpaired) electrons. The van der Waals surface area contributed by atoms with Crippen LogP contribution >= 0.6 is 23.1 Å². The number of fused-ring (bicyclic) bond motifs is 1. The first-order valence-corrected chi connectivity index (χ1v) is 7.73. The van der Waals surface area contributed by atoms with Crippen molar-refractivity contribution in [2.45, 2.75) is 35.0 Å². The molecular weight excluding hydrogens is 280 g/mol. The second-order valence-electron chi connectivity index (χ2n) is 4.39. The number of rotatable bonds is 4. The quantitative estimate of drug-likeness (QED) is 0.938. The zero-order valence-corrected chi connectivity index (χ0v) is 11.8. The minimum absolute atomic E-state index is 0.0192. The molecule has 1 aliphatic rings. The summed E-state index contributed by atoms with van der Waals surface area (Å²) in [5.41, 5.74) is 3.17. The Morgan fingerprint density at radius 3 is 3.11 bits per heavy atom. The summed E-state index contributed by atoms with van der Waals surface area (Å²) in [4.78, 5) is 19.5. The number of thiazole rings is 1. The molecule has 4 nitrogen and oxygen atoms in total. The van der Waals surface area contributed by atoms with E-state index in [0.717, 1.165) is 22.2 Å². The van der Waals surface area contributed by atoms with Gasteiger partial charge in [-0.1, -0.05) is 6.07 Å². The van der Waals surface area contributed by atoms with Gasteiger partial charge in [0.05, 0.1) is 12.1 Å². The Balaban J connectivity index is 1.74. The lowest BCUT2D eigenvalue weighted by Gasteiger charge is -2.01. The number of aromatic nitrogens is 2. The highest BCUT2D eigenvalue weighted by Crippen LogP contribution is 2.31. The highest BCUT2D eigenvalue weighted by atomic mass is 32.2. The first kappa shape index (κ1) is 12.6. The molecule has 6 heteroatoms. The predicted octanol–water partition coefficient (Wildman–Crippen LogP) is 2.81. The summed E-state index contributed by atoms with van der Waals surface area (Å²) in [5, 5.41) is 11.5. The van der Waals surface area contributed by atoms with E-state index in [2.05, 4.69) is 16.0 Å². The Morgan fingerprint density at radius 2 is 2.26 bits per heavy atom. The van der Waals surface area contributed by atoms with Crippen LogP contribution in [0.25, 0.3) is 0 Å². The van der Waals surface area contributed by atoms with Crippen LogP contribution in [0.1, 0.15) is 23.4 Å². The van der Waals surface area contributed by atoms with Gasteiger partial charge in [-0.3, -0.25) is 4.79 Å². The third-order valence-corrected chi connectivity index (χ3v) is 4.88. The number of aliphatic carboxylic acids is 1. The van der Waals surface area contributed by atoms with Gasteiger partial charge >= 0.3 is 5.97 Å². The van der Waals surface area contributed by atoms with Gasteiger partial charge in [0, 0.05) is 11.1 Å². The van der Waals surface area contributed by atoms with E-state index < -0.39 is 5.97 Å².